The third-order valence-corrected chi connectivity index (χ3v) is 6.48. The number of hydrogen-bond acceptors (Lipinski definition) is 4. The molecule has 1 amide bonds. The lowest BCUT2D eigenvalue weighted by Crippen LogP contribution is -2.43. The zero-order valence-corrected chi connectivity index (χ0v) is 16.3. The van der Waals surface area contributed by atoms with E-state index in [2.05, 4.69) is 16.3 Å². The summed E-state index contributed by atoms with van der Waals surface area (Å²) in [5.41, 5.74) is 0.938. The van der Waals surface area contributed by atoms with Gasteiger partial charge in [-0.2, -0.15) is 0 Å². The van der Waals surface area contributed by atoms with Crippen molar-refractivity contribution in [3.8, 4) is 5.75 Å². The van der Waals surface area contributed by atoms with Crippen LogP contribution in [-0.2, 0) is 6.54 Å². The van der Waals surface area contributed by atoms with Gasteiger partial charge in [-0.05, 0) is 69.8 Å². The predicted octanol–water partition coefficient (Wildman–Crippen LogP) is 4.44. The summed E-state index contributed by atoms with van der Waals surface area (Å²) in [5.74, 6) is 2.04. The molecular formula is C23H28N2O3. The van der Waals surface area contributed by atoms with E-state index in [0.717, 1.165) is 56.0 Å². The quantitative estimate of drug-likeness (QED) is 0.852. The van der Waals surface area contributed by atoms with Crippen molar-refractivity contribution < 1.29 is 13.9 Å². The molecular weight excluding hydrogens is 352 g/mol. The Morgan fingerprint density at radius 2 is 1.86 bits per heavy atom. The molecule has 2 aliphatic heterocycles. The molecule has 2 fully saturated rings. The molecule has 1 unspecified atom stereocenters. The number of nitrogens with zero attached hydrogens (tertiary/aromatic N) is 1. The van der Waals surface area contributed by atoms with E-state index in [0.29, 0.717) is 5.76 Å². The van der Waals surface area contributed by atoms with Crippen molar-refractivity contribution in [3.05, 3.63) is 53.5 Å². The van der Waals surface area contributed by atoms with Gasteiger partial charge in [-0.15, -0.1) is 0 Å². The first-order valence-electron chi connectivity index (χ1n) is 10.6. The summed E-state index contributed by atoms with van der Waals surface area (Å²) < 4.78 is 12.3. The Bertz CT molecular complexity index is 847. The summed E-state index contributed by atoms with van der Waals surface area (Å²) in [5, 5.41) is 3.22. The van der Waals surface area contributed by atoms with Crippen LogP contribution in [0.15, 0.2) is 40.8 Å². The van der Waals surface area contributed by atoms with Crippen LogP contribution >= 0.6 is 0 Å². The normalized spacial score (nSPS) is 23.5. The highest BCUT2D eigenvalue weighted by molar-refractivity contribution is 5.91. The smallest absolute Gasteiger partial charge is 0.287 e. The van der Waals surface area contributed by atoms with E-state index < -0.39 is 0 Å². The summed E-state index contributed by atoms with van der Waals surface area (Å²) in [7, 11) is 0. The number of likely N-dealkylation sites (tertiary alicyclic amines) is 1. The largest absolute Gasteiger partial charge is 0.487 e. The van der Waals surface area contributed by atoms with Gasteiger partial charge in [-0.1, -0.05) is 18.2 Å². The molecule has 0 radical (unpaired) electrons. The van der Waals surface area contributed by atoms with E-state index in [4.69, 9.17) is 9.15 Å². The number of nitrogens with one attached hydrogen (secondary N) is 1. The van der Waals surface area contributed by atoms with Gasteiger partial charge in [-0.25, -0.2) is 0 Å². The number of furan rings is 1. The molecule has 1 aliphatic carbocycles. The van der Waals surface area contributed by atoms with Crippen molar-refractivity contribution in [2.24, 2.45) is 0 Å². The summed E-state index contributed by atoms with van der Waals surface area (Å²) in [4.78, 5) is 15.3. The van der Waals surface area contributed by atoms with E-state index in [1.54, 1.807) is 6.07 Å². The van der Waals surface area contributed by atoms with Gasteiger partial charge in [-0.3, -0.25) is 9.69 Å². The van der Waals surface area contributed by atoms with Crippen LogP contribution in [0.2, 0.25) is 0 Å². The van der Waals surface area contributed by atoms with Gasteiger partial charge in [0.1, 0.15) is 17.1 Å². The van der Waals surface area contributed by atoms with Crippen molar-refractivity contribution in [2.75, 3.05) is 13.1 Å². The number of amides is 1. The Kier molecular flexibility index (Phi) is 4.63. The van der Waals surface area contributed by atoms with Gasteiger partial charge in [0.2, 0.25) is 0 Å². The SMILES string of the molecule is O=C(NC1CC2(CCCC2)Oc2ccccc21)c1ccc(CN2CCCC2)o1. The maximum absolute atomic E-state index is 12.9. The standard InChI is InChI=1S/C23H28N2O3/c26-22(21-10-9-17(27-21)16-25-13-5-6-14-25)24-19-15-23(11-3-4-12-23)28-20-8-2-1-7-18(19)20/h1-2,7-10,19H,3-6,11-16H2,(H,24,26). The van der Waals surface area contributed by atoms with Crippen molar-refractivity contribution in [1.82, 2.24) is 10.2 Å². The highest BCUT2D eigenvalue weighted by Crippen LogP contribution is 2.47. The average molecular weight is 380 g/mol. The molecule has 1 saturated heterocycles. The lowest BCUT2D eigenvalue weighted by molar-refractivity contribution is 0.0357. The van der Waals surface area contributed by atoms with E-state index in [-0.39, 0.29) is 17.6 Å². The number of fused-ring (bicyclic) bond motifs is 1. The minimum absolute atomic E-state index is 0.0392. The second kappa shape index (κ2) is 7.28. The van der Waals surface area contributed by atoms with Crippen LogP contribution in [0.5, 0.6) is 5.75 Å². The molecule has 1 saturated carbocycles. The van der Waals surface area contributed by atoms with Gasteiger partial charge >= 0.3 is 0 Å². The van der Waals surface area contributed by atoms with Gasteiger partial charge in [0.25, 0.3) is 5.91 Å². The molecule has 2 aromatic rings. The molecule has 0 bridgehead atoms. The first kappa shape index (κ1) is 17.8. The lowest BCUT2D eigenvalue weighted by atomic mass is 9.86. The zero-order valence-electron chi connectivity index (χ0n) is 16.3. The van der Waals surface area contributed by atoms with Gasteiger partial charge in [0, 0.05) is 12.0 Å². The van der Waals surface area contributed by atoms with Crippen LogP contribution in [0, 0.1) is 0 Å². The molecule has 28 heavy (non-hydrogen) atoms. The van der Waals surface area contributed by atoms with Crippen LogP contribution in [0.3, 0.4) is 0 Å². The Hall–Kier alpha value is -2.27. The lowest BCUT2D eigenvalue weighted by Gasteiger charge is -2.40. The number of ether oxygens (including phenoxy) is 1. The number of carbonyl (C=O) groups is 1. The molecule has 1 aromatic carbocycles. The summed E-state index contributed by atoms with van der Waals surface area (Å²) in [6.45, 7) is 3.02. The number of hydrogen-bond donors (Lipinski definition) is 1. The molecule has 1 atom stereocenters. The highest BCUT2D eigenvalue weighted by atomic mass is 16.5. The minimum Gasteiger partial charge on any atom is -0.487 e. The fourth-order valence-corrected chi connectivity index (χ4v) is 5.05. The van der Waals surface area contributed by atoms with Crippen molar-refractivity contribution in [1.29, 1.82) is 0 Å². The topological polar surface area (TPSA) is 54.7 Å². The van der Waals surface area contributed by atoms with Gasteiger partial charge < -0.3 is 14.5 Å². The van der Waals surface area contributed by atoms with Crippen molar-refractivity contribution >= 4 is 5.91 Å². The summed E-state index contributed by atoms with van der Waals surface area (Å²) >= 11 is 0. The maximum atomic E-state index is 12.9. The minimum atomic E-state index is -0.137. The summed E-state index contributed by atoms with van der Waals surface area (Å²) in [6, 6.07) is 11.8. The molecule has 1 aromatic heterocycles. The molecule has 5 heteroatoms. The highest BCUT2D eigenvalue weighted by Gasteiger charge is 2.43. The summed E-state index contributed by atoms with van der Waals surface area (Å²) in [6.07, 6.45) is 7.85. The maximum Gasteiger partial charge on any atom is 0.287 e. The Morgan fingerprint density at radius 3 is 2.68 bits per heavy atom. The second-order valence-electron chi connectivity index (χ2n) is 8.51. The van der Waals surface area contributed by atoms with Gasteiger partial charge in [0.15, 0.2) is 5.76 Å². The number of rotatable bonds is 4. The van der Waals surface area contributed by atoms with E-state index in [9.17, 15) is 4.79 Å². The molecule has 5 rings (SSSR count). The predicted molar refractivity (Wildman–Crippen MR) is 106 cm³/mol. The number of para-hydroxylation sites is 1. The van der Waals surface area contributed by atoms with Crippen molar-refractivity contribution in [3.63, 3.8) is 0 Å². The molecule has 3 heterocycles. The fourth-order valence-electron chi connectivity index (χ4n) is 5.05. The Morgan fingerprint density at radius 1 is 1.07 bits per heavy atom. The number of carbonyl (C=O) groups excluding carboxylic acids is 1. The van der Waals surface area contributed by atoms with Crippen LogP contribution in [0.25, 0.3) is 0 Å². The molecule has 5 nitrogen and oxygen atoms in total. The van der Waals surface area contributed by atoms with E-state index in [1.807, 2.05) is 24.3 Å². The molecule has 1 N–H and O–H groups in total. The third-order valence-electron chi connectivity index (χ3n) is 6.48. The monoisotopic (exact) mass is 380 g/mol. The van der Waals surface area contributed by atoms with Gasteiger partial charge in [0.05, 0.1) is 12.6 Å². The van der Waals surface area contributed by atoms with E-state index in [1.165, 1.54) is 25.7 Å². The second-order valence-corrected chi connectivity index (χ2v) is 8.51. The van der Waals surface area contributed by atoms with Crippen LogP contribution in [0.4, 0.5) is 0 Å². The Labute approximate surface area is 166 Å². The first-order valence-corrected chi connectivity index (χ1v) is 10.6. The zero-order chi connectivity index (χ0) is 19.0. The molecule has 3 aliphatic rings. The van der Waals surface area contributed by atoms with Crippen LogP contribution in [-0.4, -0.2) is 29.5 Å². The van der Waals surface area contributed by atoms with Crippen LogP contribution < -0.4 is 10.1 Å². The molecule has 1 spiro atoms. The molecule has 148 valence electrons. The van der Waals surface area contributed by atoms with E-state index >= 15 is 0 Å². The van der Waals surface area contributed by atoms with Crippen LogP contribution in [0.1, 0.15) is 72.9 Å². The Balaban J connectivity index is 1.32. The number of benzene rings is 1. The first-order chi connectivity index (χ1) is 13.7. The van der Waals surface area contributed by atoms with Crippen molar-refractivity contribution in [2.45, 2.75) is 63.1 Å². The average Bonchev–Trinajstić information content (AvgIpc) is 3.45. The fraction of sp³-hybridized carbons (Fsp3) is 0.522. The third kappa shape index (κ3) is 3.44.